The molecule has 0 spiro atoms. The molecule has 0 bridgehead atoms. The van der Waals surface area contributed by atoms with E-state index in [9.17, 15) is 0 Å². The fourth-order valence-electron chi connectivity index (χ4n) is 1.93. The molecular weight excluding hydrogens is 212 g/mol. The zero-order valence-electron chi connectivity index (χ0n) is 10.3. The number of hydrogen-bond donors (Lipinski definition) is 2. The third kappa shape index (κ3) is 2.31. The molecule has 0 atom stereocenters. The summed E-state index contributed by atoms with van der Waals surface area (Å²) in [5.74, 6) is 0. The molecule has 4 nitrogen and oxygen atoms in total. The van der Waals surface area contributed by atoms with E-state index in [1.54, 1.807) is 6.20 Å². The van der Waals surface area contributed by atoms with Gasteiger partial charge in [-0.15, -0.1) is 0 Å². The average molecular weight is 230 g/mol. The molecule has 4 heteroatoms. The Morgan fingerprint density at radius 3 is 2.88 bits per heavy atom. The highest BCUT2D eigenvalue weighted by atomic mass is 15.1. The monoisotopic (exact) mass is 230 g/mol. The summed E-state index contributed by atoms with van der Waals surface area (Å²) in [5, 5.41) is 5.31. The van der Waals surface area contributed by atoms with Gasteiger partial charge in [-0.25, -0.2) is 0 Å². The van der Waals surface area contributed by atoms with Crippen LogP contribution >= 0.6 is 0 Å². The van der Waals surface area contributed by atoms with E-state index in [-0.39, 0.29) is 0 Å². The second-order valence-electron chi connectivity index (χ2n) is 4.12. The van der Waals surface area contributed by atoms with Crippen molar-refractivity contribution >= 4 is 22.1 Å². The first kappa shape index (κ1) is 11.7. The predicted octanol–water partition coefficient (Wildman–Crippen LogP) is 1.47. The van der Waals surface area contributed by atoms with Crippen LogP contribution in [0.25, 0.3) is 10.8 Å². The van der Waals surface area contributed by atoms with Crippen LogP contribution in [0.1, 0.15) is 0 Å². The zero-order valence-corrected chi connectivity index (χ0v) is 10.3. The molecule has 1 aromatic heterocycles. The van der Waals surface area contributed by atoms with Gasteiger partial charge in [0, 0.05) is 54.7 Å². The molecule has 2 rings (SSSR count). The lowest BCUT2D eigenvalue weighted by Crippen LogP contribution is -2.27. The van der Waals surface area contributed by atoms with Crippen molar-refractivity contribution in [2.24, 2.45) is 0 Å². The van der Waals surface area contributed by atoms with Gasteiger partial charge in [-0.2, -0.15) is 0 Å². The van der Waals surface area contributed by atoms with Gasteiger partial charge >= 0.3 is 0 Å². The van der Waals surface area contributed by atoms with Gasteiger partial charge in [-0.3, -0.25) is 4.98 Å². The average Bonchev–Trinajstić information content (AvgIpc) is 2.37. The summed E-state index contributed by atoms with van der Waals surface area (Å²) in [5.41, 5.74) is 7.93. The summed E-state index contributed by atoms with van der Waals surface area (Å²) in [6, 6.07) is 5.96. The number of rotatable bonds is 4. The number of hydrogen-bond acceptors (Lipinski definition) is 4. The van der Waals surface area contributed by atoms with Crippen molar-refractivity contribution in [1.82, 2.24) is 10.3 Å². The Balaban J connectivity index is 2.44. The quantitative estimate of drug-likeness (QED) is 0.781. The maximum atomic E-state index is 5.97. The van der Waals surface area contributed by atoms with Crippen LogP contribution in [0.3, 0.4) is 0 Å². The molecule has 0 amide bonds. The lowest BCUT2D eigenvalue weighted by molar-refractivity contribution is 0.769. The maximum Gasteiger partial charge on any atom is 0.0460 e. The Kier molecular flexibility index (Phi) is 3.44. The fraction of sp³-hybridized carbons (Fsp3) is 0.308. The first-order valence-electron chi connectivity index (χ1n) is 5.72. The summed E-state index contributed by atoms with van der Waals surface area (Å²) in [6.45, 7) is 1.90. The van der Waals surface area contributed by atoms with Crippen LogP contribution in [0, 0.1) is 0 Å². The summed E-state index contributed by atoms with van der Waals surface area (Å²) < 4.78 is 0. The number of likely N-dealkylation sites (N-methyl/N-ethyl adjacent to an activating group) is 2. The molecule has 1 aromatic carbocycles. The Hall–Kier alpha value is -1.81. The minimum Gasteiger partial charge on any atom is -0.398 e. The van der Waals surface area contributed by atoms with Crippen LogP contribution in [0.2, 0.25) is 0 Å². The van der Waals surface area contributed by atoms with Crippen molar-refractivity contribution < 1.29 is 0 Å². The van der Waals surface area contributed by atoms with Gasteiger partial charge in [0.15, 0.2) is 0 Å². The molecule has 2 aromatic rings. The van der Waals surface area contributed by atoms with E-state index in [1.165, 1.54) is 0 Å². The smallest absolute Gasteiger partial charge is 0.0460 e. The van der Waals surface area contributed by atoms with Gasteiger partial charge < -0.3 is 16.0 Å². The van der Waals surface area contributed by atoms with Crippen molar-refractivity contribution in [3.63, 3.8) is 0 Å². The fourth-order valence-corrected chi connectivity index (χ4v) is 1.93. The maximum absolute atomic E-state index is 5.97. The number of aromatic nitrogens is 1. The molecule has 0 saturated carbocycles. The lowest BCUT2D eigenvalue weighted by Gasteiger charge is -2.21. The third-order valence-electron chi connectivity index (χ3n) is 2.94. The van der Waals surface area contributed by atoms with Crippen LogP contribution in [0.4, 0.5) is 11.4 Å². The van der Waals surface area contributed by atoms with Crippen LogP contribution in [0.15, 0.2) is 30.6 Å². The number of nitrogen functional groups attached to an aromatic ring is 1. The lowest BCUT2D eigenvalue weighted by atomic mass is 10.1. The van der Waals surface area contributed by atoms with E-state index >= 15 is 0 Å². The molecule has 90 valence electrons. The van der Waals surface area contributed by atoms with E-state index < -0.39 is 0 Å². The molecule has 0 saturated heterocycles. The molecule has 0 aliphatic carbocycles. The van der Waals surface area contributed by atoms with Crippen LogP contribution < -0.4 is 16.0 Å². The largest absolute Gasteiger partial charge is 0.398 e. The minimum atomic E-state index is 0.799. The van der Waals surface area contributed by atoms with Crippen LogP contribution in [-0.4, -0.2) is 32.2 Å². The van der Waals surface area contributed by atoms with Crippen molar-refractivity contribution in [2.45, 2.75) is 0 Å². The van der Waals surface area contributed by atoms with Crippen molar-refractivity contribution in [2.75, 3.05) is 37.8 Å². The highest BCUT2D eigenvalue weighted by Crippen LogP contribution is 2.29. The molecule has 0 aliphatic heterocycles. The molecule has 0 unspecified atom stereocenters. The second kappa shape index (κ2) is 5.01. The van der Waals surface area contributed by atoms with Gasteiger partial charge in [0.1, 0.15) is 0 Å². The molecule has 0 radical (unpaired) electrons. The van der Waals surface area contributed by atoms with Gasteiger partial charge in [-0.1, -0.05) is 0 Å². The Morgan fingerprint density at radius 1 is 1.29 bits per heavy atom. The van der Waals surface area contributed by atoms with Crippen molar-refractivity contribution in [3.05, 3.63) is 30.6 Å². The Labute approximate surface area is 101 Å². The van der Waals surface area contributed by atoms with Gasteiger partial charge in [-0.05, 0) is 25.2 Å². The van der Waals surface area contributed by atoms with E-state index in [0.29, 0.717) is 0 Å². The van der Waals surface area contributed by atoms with Crippen LogP contribution in [-0.2, 0) is 0 Å². The highest BCUT2D eigenvalue weighted by Gasteiger charge is 2.07. The SMILES string of the molecule is CNCCN(C)c1ccc(N)c2ccncc12. The third-order valence-corrected chi connectivity index (χ3v) is 2.94. The standard InChI is InChI=1S/C13H18N4/c1-15-7-8-17(2)13-4-3-12(14)10-5-6-16-9-11(10)13/h3-6,9,15H,7-8,14H2,1-2H3. The van der Waals surface area contributed by atoms with E-state index in [2.05, 4.69) is 28.3 Å². The number of nitrogens with two attached hydrogens (primary N) is 1. The summed E-state index contributed by atoms with van der Waals surface area (Å²) in [4.78, 5) is 6.39. The number of fused-ring (bicyclic) bond motifs is 1. The number of pyridine rings is 1. The topological polar surface area (TPSA) is 54.2 Å². The van der Waals surface area contributed by atoms with E-state index in [1.807, 2.05) is 25.4 Å². The van der Waals surface area contributed by atoms with Crippen molar-refractivity contribution in [3.8, 4) is 0 Å². The van der Waals surface area contributed by atoms with Crippen molar-refractivity contribution in [1.29, 1.82) is 0 Å². The normalized spacial score (nSPS) is 10.7. The first-order valence-corrected chi connectivity index (χ1v) is 5.72. The molecular formula is C13H18N4. The van der Waals surface area contributed by atoms with Crippen LogP contribution in [0.5, 0.6) is 0 Å². The van der Waals surface area contributed by atoms with E-state index in [4.69, 9.17) is 5.73 Å². The Morgan fingerprint density at radius 2 is 2.12 bits per heavy atom. The summed E-state index contributed by atoms with van der Waals surface area (Å²) in [7, 11) is 4.03. The predicted molar refractivity (Wildman–Crippen MR) is 73.4 cm³/mol. The molecule has 0 fully saturated rings. The number of nitrogens with zero attached hydrogens (tertiary/aromatic N) is 2. The number of benzene rings is 1. The first-order chi connectivity index (χ1) is 8.24. The molecule has 17 heavy (non-hydrogen) atoms. The number of nitrogens with one attached hydrogen (secondary N) is 1. The second-order valence-corrected chi connectivity index (χ2v) is 4.12. The molecule has 0 aliphatic rings. The molecule has 1 heterocycles. The number of anilines is 2. The minimum absolute atomic E-state index is 0.799. The zero-order chi connectivity index (χ0) is 12.3. The Bertz CT molecular complexity index is 510. The molecule has 3 N–H and O–H groups in total. The summed E-state index contributed by atoms with van der Waals surface area (Å²) in [6.07, 6.45) is 3.65. The van der Waals surface area contributed by atoms with Gasteiger partial charge in [0.2, 0.25) is 0 Å². The van der Waals surface area contributed by atoms with Gasteiger partial charge in [0.25, 0.3) is 0 Å². The van der Waals surface area contributed by atoms with Gasteiger partial charge in [0.05, 0.1) is 0 Å². The van der Waals surface area contributed by atoms with E-state index in [0.717, 1.165) is 35.2 Å². The highest BCUT2D eigenvalue weighted by molar-refractivity contribution is 6.00. The summed E-state index contributed by atoms with van der Waals surface area (Å²) >= 11 is 0.